The highest BCUT2D eigenvalue weighted by atomic mass is 79.9. The van der Waals surface area contributed by atoms with Crippen LogP contribution in [0.15, 0.2) is 51.9 Å². The van der Waals surface area contributed by atoms with E-state index in [2.05, 4.69) is 36.2 Å². The Kier molecular flexibility index (Phi) is 10.6. The van der Waals surface area contributed by atoms with Crippen molar-refractivity contribution < 1.29 is 26.7 Å². The summed E-state index contributed by atoms with van der Waals surface area (Å²) in [7, 11) is -3.21. The first-order chi connectivity index (χ1) is 23.0. The first kappa shape index (κ1) is 36.1. The fourth-order valence-corrected chi connectivity index (χ4v) is 6.80. The number of thiol groups is 1. The number of ether oxygens (including phenoxy) is 1. The first-order valence-electron chi connectivity index (χ1n) is 15.7. The quantitative estimate of drug-likeness (QED) is 0.209. The van der Waals surface area contributed by atoms with E-state index in [4.69, 9.17) is 4.74 Å². The number of hydrogen-bond donors (Lipinski definition) is 2. The van der Waals surface area contributed by atoms with Gasteiger partial charge >= 0.3 is 6.09 Å². The number of nitrogens with one attached hydrogen (secondary N) is 1. The Labute approximate surface area is 292 Å². The molecule has 0 aliphatic carbocycles. The number of piperidine rings is 1. The molecular weight excluding hydrogens is 724 g/mol. The second-order valence-electron chi connectivity index (χ2n) is 13.2. The van der Waals surface area contributed by atoms with E-state index in [-0.39, 0.29) is 60.1 Å². The van der Waals surface area contributed by atoms with Crippen molar-refractivity contribution in [2.75, 3.05) is 22.7 Å². The third-order valence-corrected chi connectivity index (χ3v) is 9.25. The van der Waals surface area contributed by atoms with E-state index in [1.54, 1.807) is 40.7 Å². The molecule has 0 spiro atoms. The molecular formula is C33H38BrF2N7O5S. The second-order valence-corrected chi connectivity index (χ2v) is 15.1. The number of benzene rings is 2. The monoisotopic (exact) mass is 761 g/mol. The van der Waals surface area contributed by atoms with E-state index in [1.165, 1.54) is 27.8 Å². The van der Waals surface area contributed by atoms with Crippen LogP contribution in [-0.4, -0.2) is 69.8 Å². The Balaban J connectivity index is 1.45. The molecule has 2 aromatic carbocycles. The maximum absolute atomic E-state index is 15.6. The number of fused-ring (bicyclic) bond motifs is 1. The van der Waals surface area contributed by atoms with Gasteiger partial charge in [0.25, 0.3) is 5.56 Å². The smallest absolute Gasteiger partial charge is 0.410 e. The zero-order valence-electron chi connectivity index (χ0n) is 27.9. The number of hydrogen-bond acceptors (Lipinski definition) is 9. The number of carbonyl (C=O) groups is 1. The molecule has 12 nitrogen and oxygen atoms in total. The summed E-state index contributed by atoms with van der Waals surface area (Å²) in [6, 6.07) is 8.33. The van der Waals surface area contributed by atoms with Crippen LogP contribution < -0.4 is 15.2 Å². The summed E-state index contributed by atoms with van der Waals surface area (Å²) in [4.78, 5) is 41.1. The Morgan fingerprint density at radius 3 is 2.53 bits per heavy atom. The molecule has 262 valence electrons. The number of amides is 1. The molecule has 49 heavy (non-hydrogen) atoms. The summed E-state index contributed by atoms with van der Waals surface area (Å²) < 4.78 is 63.2. The lowest BCUT2D eigenvalue weighted by molar-refractivity contribution is 0.0124. The van der Waals surface area contributed by atoms with Gasteiger partial charge in [0.15, 0.2) is 5.65 Å². The van der Waals surface area contributed by atoms with E-state index in [0.717, 1.165) is 15.9 Å². The number of halogens is 3. The number of aromatic nitrogens is 4. The summed E-state index contributed by atoms with van der Waals surface area (Å²) >= 11 is 3.44. The summed E-state index contributed by atoms with van der Waals surface area (Å²) in [6.07, 6.45) is -0.404. The third-order valence-electron chi connectivity index (χ3n) is 7.76. The molecule has 5 rings (SSSR count). The number of rotatable bonds is 8. The van der Waals surface area contributed by atoms with Crippen LogP contribution in [0, 0.1) is 12.7 Å². The Bertz CT molecular complexity index is 2030. The van der Waals surface area contributed by atoms with Gasteiger partial charge in [-0.1, -0.05) is 34.1 Å². The molecule has 0 bridgehead atoms. The van der Waals surface area contributed by atoms with E-state index in [9.17, 15) is 22.4 Å². The molecule has 4 aromatic rings. The van der Waals surface area contributed by atoms with Crippen molar-refractivity contribution in [3.05, 3.63) is 74.4 Å². The van der Waals surface area contributed by atoms with Gasteiger partial charge in [-0.15, -0.1) is 0 Å². The molecule has 16 heteroatoms. The minimum atomic E-state index is -3.21. The third kappa shape index (κ3) is 8.35. The van der Waals surface area contributed by atoms with Crippen molar-refractivity contribution in [1.82, 2.24) is 24.4 Å². The van der Waals surface area contributed by atoms with Gasteiger partial charge < -0.3 is 15.0 Å². The highest BCUT2D eigenvalue weighted by molar-refractivity contribution is 9.10. The molecule has 1 amide bonds. The predicted molar refractivity (Wildman–Crippen MR) is 187 cm³/mol. The van der Waals surface area contributed by atoms with Gasteiger partial charge in [0.05, 0.1) is 25.0 Å². The van der Waals surface area contributed by atoms with Crippen LogP contribution in [0.5, 0.6) is 0 Å². The lowest BCUT2D eigenvalue weighted by Crippen LogP contribution is -2.51. The zero-order valence-corrected chi connectivity index (χ0v) is 30.4. The fourth-order valence-electron chi connectivity index (χ4n) is 5.57. The van der Waals surface area contributed by atoms with Crippen LogP contribution in [0.3, 0.4) is 0 Å². The number of nitrogens with zero attached hydrogens (tertiary/aromatic N) is 6. The van der Waals surface area contributed by atoms with Crippen molar-refractivity contribution in [2.45, 2.75) is 78.4 Å². The topological polar surface area (TPSA) is 140 Å². The molecule has 3 heterocycles. The van der Waals surface area contributed by atoms with Crippen LogP contribution in [-0.2, 0) is 22.2 Å². The van der Waals surface area contributed by atoms with Gasteiger partial charge in [-0.25, -0.2) is 32.0 Å². The molecule has 1 fully saturated rings. The molecule has 0 radical (unpaired) electrons. The summed E-state index contributed by atoms with van der Waals surface area (Å²) in [5.74, 6) is -0.742. The molecule has 1 aliphatic rings. The van der Waals surface area contributed by atoms with E-state index >= 15 is 4.39 Å². The lowest BCUT2D eigenvalue weighted by atomic mass is 10.0. The van der Waals surface area contributed by atoms with Crippen LogP contribution in [0.2, 0.25) is 0 Å². The minimum Gasteiger partial charge on any atom is -0.444 e. The average Bonchev–Trinajstić information content (AvgIpc) is 2.99. The Morgan fingerprint density at radius 1 is 1.16 bits per heavy atom. The normalized spacial score (nSPS) is 16.8. The first-order valence-corrected chi connectivity index (χ1v) is 17.6. The van der Waals surface area contributed by atoms with Gasteiger partial charge in [-0.05, 0) is 70.9 Å². The largest absolute Gasteiger partial charge is 0.444 e. The van der Waals surface area contributed by atoms with E-state index in [1.807, 2.05) is 19.1 Å². The van der Waals surface area contributed by atoms with E-state index in [0.29, 0.717) is 10.0 Å². The minimum absolute atomic E-state index is 0.0733. The SMILES string of the molecule is Cc1ccc(CN(c2ccc(-c3nc4cnc(N[C@H]5C[C@H](F)CN(C(=O)OC(C)(C)C)C5)nc4n(C(C)C)c3=O)cc2F)[SH](=O)=O)c(Br)c1. The predicted octanol–water partition coefficient (Wildman–Crippen LogP) is 5.94. The van der Waals surface area contributed by atoms with Gasteiger partial charge in [0, 0.05) is 35.1 Å². The molecule has 2 atom stereocenters. The van der Waals surface area contributed by atoms with Gasteiger partial charge in [-0.2, -0.15) is 4.98 Å². The number of carbonyl (C=O) groups excluding carboxylic acids is 1. The number of aryl methyl sites for hydroxylation is 1. The Hall–Kier alpha value is -4.18. The van der Waals surface area contributed by atoms with Gasteiger partial charge in [0.1, 0.15) is 28.8 Å². The highest BCUT2D eigenvalue weighted by Gasteiger charge is 2.33. The van der Waals surface area contributed by atoms with Crippen molar-refractivity contribution in [3.63, 3.8) is 0 Å². The standard InChI is InChI=1S/C33H38BrF2N7O5S/c1-18(2)43-29-26(14-37-31(40-29)38-23-13-22(35)16-41(17-23)32(45)48-33(4,5)6)39-28(30(43)44)20-9-10-27(25(36)12-20)42(49(46)47)15-21-8-7-19(3)11-24(21)34/h7-12,14,18,22-23,49H,13,15-17H2,1-6H3,(H,37,38,40)/t22-,23-/m0/s1. The Morgan fingerprint density at radius 2 is 1.90 bits per heavy atom. The van der Waals surface area contributed by atoms with Gasteiger partial charge in [0.2, 0.25) is 16.8 Å². The van der Waals surface area contributed by atoms with Crippen molar-refractivity contribution in [3.8, 4) is 11.3 Å². The van der Waals surface area contributed by atoms with Crippen LogP contribution in [0.4, 0.5) is 25.2 Å². The number of likely N-dealkylation sites (tertiary alicyclic amines) is 1. The number of alkyl halides is 1. The van der Waals surface area contributed by atoms with Gasteiger partial charge in [-0.3, -0.25) is 13.7 Å². The highest BCUT2D eigenvalue weighted by Crippen LogP contribution is 2.29. The van der Waals surface area contributed by atoms with E-state index < -0.39 is 52.2 Å². The summed E-state index contributed by atoms with van der Waals surface area (Å²) in [5, 5.41) is 3.08. The van der Waals surface area contributed by atoms with Crippen LogP contribution in [0.1, 0.15) is 58.2 Å². The number of anilines is 2. The van der Waals surface area contributed by atoms with Crippen molar-refractivity contribution in [1.29, 1.82) is 0 Å². The molecule has 1 saturated heterocycles. The fraction of sp³-hybridized carbons (Fsp3) is 0.424. The maximum Gasteiger partial charge on any atom is 0.410 e. The van der Waals surface area contributed by atoms with Crippen LogP contribution in [0.25, 0.3) is 22.4 Å². The average molecular weight is 763 g/mol. The van der Waals surface area contributed by atoms with Crippen molar-refractivity contribution >= 4 is 55.7 Å². The zero-order chi connectivity index (χ0) is 35.8. The lowest BCUT2D eigenvalue weighted by Gasteiger charge is -2.36. The molecule has 0 unspecified atom stereocenters. The second kappa shape index (κ2) is 14.4. The molecule has 0 saturated carbocycles. The summed E-state index contributed by atoms with van der Waals surface area (Å²) in [6.45, 7) is 10.6. The van der Waals surface area contributed by atoms with Crippen LogP contribution >= 0.6 is 15.9 Å². The molecule has 2 aromatic heterocycles. The van der Waals surface area contributed by atoms with Crippen molar-refractivity contribution in [2.24, 2.45) is 0 Å². The summed E-state index contributed by atoms with van der Waals surface area (Å²) in [5.41, 5.74) is 0.669. The maximum atomic E-state index is 15.6. The molecule has 1 aliphatic heterocycles. The molecule has 1 N–H and O–H groups in total.